The van der Waals surface area contributed by atoms with E-state index in [9.17, 15) is 18.0 Å². The number of nitrogens with zero attached hydrogens (tertiary/aromatic N) is 4. The maximum Gasteiger partial charge on any atom is 0.435 e. The molecule has 0 spiro atoms. The van der Waals surface area contributed by atoms with E-state index in [4.69, 9.17) is 15.7 Å². The maximum absolute atomic E-state index is 13.6. The van der Waals surface area contributed by atoms with Crippen LogP contribution in [0.15, 0.2) is 29.4 Å². The van der Waals surface area contributed by atoms with Crippen molar-refractivity contribution in [3.05, 3.63) is 41.2 Å². The van der Waals surface area contributed by atoms with Crippen LogP contribution in [0.5, 0.6) is 5.75 Å². The van der Waals surface area contributed by atoms with Gasteiger partial charge >= 0.3 is 6.18 Å². The van der Waals surface area contributed by atoms with E-state index < -0.39 is 23.2 Å². The third kappa shape index (κ3) is 5.07. The molecule has 1 amide bonds. The molecule has 0 aliphatic carbocycles. The molecule has 0 saturated carbocycles. The molecule has 3 rings (SSSR count). The Balaban J connectivity index is 1.82. The molecule has 1 aliphatic rings. The Kier molecular flexibility index (Phi) is 6.89. The van der Waals surface area contributed by atoms with Crippen LogP contribution in [0, 0.1) is 5.41 Å². The van der Waals surface area contributed by atoms with Crippen LogP contribution in [-0.2, 0) is 12.6 Å². The average Bonchev–Trinajstić information content (AvgIpc) is 3.18. The number of methoxy groups -OCH3 is 1. The molecule has 2 heterocycles. The first kappa shape index (κ1) is 24.4. The number of carbonyl (C=O) groups is 1. The minimum absolute atomic E-state index is 0.0595. The summed E-state index contributed by atoms with van der Waals surface area (Å²) in [6.07, 6.45) is -2.62. The molecule has 1 aliphatic heterocycles. The van der Waals surface area contributed by atoms with Gasteiger partial charge in [-0.25, -0.2) is 4.68 Å². The number of hydrogen-bond acceptors (Lipinski definition) is 5. The summed E-state index contributed by atoms with van der Waals surface area (Å²) in [4.78, 5) is 14.8. The summed E-state index contributed by atoms with van der Waals surface area (Å²) in [7, 11) is 1.49. The van der Waals surface area contributed by atoms with Crippen molar-refractivity contribution in [3.8, 4) is 11.4 Å². The fourth-order valence-corrected chi connectivity index (χ4v) is 3.89. The fraction of sp³-hybridized carbons (Fsp3) is 0.500. The summed E-state index contributed by atoms with van der Waals surface area (Å²) in [6, 6.07) is 6.33. The second-order valence-electron chi connectivity index (χ2n) is 8.65. The van der Waals surface area contributed by atoms with Crippen molar-refractivity contribution >= 4 is 11.7 Å². The van der Waals surface area contributed by atoms with Crippen LogP contribution in [0.3, 0.4) is 0 Å². The van der Waals surface area contributed by atoms with Gasteiger partial charge in [-0.1, -0.05) is 25.4 Å². The third-order valence-corrected chi connectivity index (χ3v) is 5.97. The summed E-state index contributed by atoms with van der Waals surface area (Å²) < 4.78 is 47.1. The Bertz CT molecular complexity index is 1030. The number of oxime groups is 1. The van der Waals surface area contributed by atoms with Crippen LogP contribution in [-0.4, -0.2) is 51.8 Å². The molecule has 2 aromatic rings. The number of benzene rings is 1. The highest BCUT2D eigenvalue weighted by atomic mass is 19.4. The second kappa shape index (κ2) is 9.32. The zero-order valence-corrected chi connectivity index (χ0v) is 18.8. The van der Waals surface area contributed by atoms with E-state index in [1.54, 1.807) is 29.2 Å². The van der Waals surface area contributed by atoms with Crippen LogP contribution in [0.2, 0.25) is 0 Å². The molecule has 180 valence electrons. The average molecular weight is 467 g/mol. The highest BCUT2D eigenvalue weighted by Crippen LogP contribution is 2.36. The molecule has 1 aromatic heterocycles. The number of ether oxygens (including phenoxy) is 1. The highest BCUT2D eigenvalue weighted by Gasteiger charge is 2.43. The molecule has 8 nitrogen and oxygen atoms in total. The number of unbranched alkanes of at least 4 members (excludes halogenated alkanes) is 1. The summed E-state index contributed by atoms with van der Waals surface area (Å²) >= 11 is 0. The standard InChI is InChI=1S/C22H28F3N5O3/c1-21(2,20(26)28-32)11-4-5-12-29-13-10-16-17(19(29)31)30(27-18(16)22(23,24)25)14-6-8-15(33-3)9-7-14/h6-9,32H,4-5,10-13H2,1-3H3,(H2,26,28). The number of halogens is 3. The van der Waals surface area contributed by atoms with Crippen molar-refractivity contribution in [2.24, 2.45) is 16.3 Å². The van der Waals surface area contributed by atoms with Crippen molar-refractivity contribution in [2.75, 3.05) is 20.2 Å². The molecular formula is C22H28F3N5O3. The highest BCUT2D eigenvalue weighted by molar-refractivity contribution is 5.96. The first-order valence-corrected chi connectivity index (χ1v) is 10.6. The number of alkyl halides is 3. The largest absolute Gasteiger partial charge is 0.497 e. The number of fused-ring (bicyclic) bond motifs is 1. The van der Waals surface area contributed by atoms with Gasteiger partial charge in [0.25, 0.3) is 5.91 Å². The van der Waals surface area contributed by atoms with E-state index in [-0.39, 0.29) is 30.1 Å². The monoisotopic (exact) mass is 467 g/mol. The first-order valence-electron chi connectivity index (χ1n) is 10.6. The van der Waals surface area contributed by atoms with Gasteiger partial charge in [0.15, 0.2) is 5.69 Å². The first-order chi connectivity index (χ1) is 15.5. The predicted octanol–water partition coefficient (Wildman–Crippen LogP) is 3.84. The molecule has 33 heavy (non-hydrogen) atoms. The quantitative estimate of drug-likeness (QED) is 0.202. The van der Waals surface area contributed by atoms with Gasteiger partial charge in [0, 0.05) is 24.1 Å². The van der Waals surface area contributed by atoms with Crippen LogP contribution in [0.4, 0.5) is 13.2 Å². The van der Waals surface area contributed by atoms with Crippen molar-refractivity contribution in [3.63, 3.8) is 0 Å². The molecule has 0 atom stereocenters. The van der Waals surface area contributed by atoms with E-state index in [2.05, 4.69) is 10.3 Å². The summed E-state index contributed by atoms with van der Waals surface area (Å²) in [5.41, 5.74) is 4.39. The number of amidine groups is 1. The van der Waals surface area contributed by atoms with Crippen molar-refractivity contribution in [1.29, 1.82) is 0 Å². The van der Waals surface area contributed by atoms with E-state index >= 15 is 0 Å². The third-order valence-electron chi connectivity index (χ3n) is 5.97. The van der Waals surface area contributed by atoms with Crippen molar-refractivity contribution in [1.82, 2.24) is 14.7 Å². The van der Waals surface area contributed by atoms with Crippen molar-refractivity contribution < 1.29 is 27.9 Å². The van der Waals surface area contributed by atoms with Crippen LogP contribution >= 0.6 is 0 Å². The van der Waals surface area contributed by atoms with E-state index in [0.717, 1.165) is 4.68 Å². The molecule has 0 bridgehead atoms. The molecule has 3 N–H and O–H groups in total. The van der Waals surface area contributed by atoms with Gasteiger partial charge in [0.1, 0.15) is 17.3 Å². The number of aromatic nitrogens is 2. The molecule has 0 fully saturated rings. The molecule has 0 unspecified atom stereocenters. The topological polar surface area (TPSA) is 106 Å². The second-order valence-corrected chi connectivity index (χ2v) is 8.65. The van der Waals surface area contributed by atoms with E-state index in [1.165, 1.54) is 7.11 Å². The summed E-state index contributed by atoms with van der Waals surface area (Å²) in [5, 5.41) is 15.7. The van der Waals surface area contributed by atoms with Crippen molar-refractivity contribution in [2.45, 2.75) is 45.7 Å². The lowest BCUT2D eigenvalue weighted by Crippen LogP contribution is -2.39. The predicted molar refractivity (Wildman–Crippen MR) is 116 cm³/mol. The van der Waals surface area contributed by atoms with Crippen LogP contribution < -0.4 is 10.5 Å². The Morgan fingerprint density at radius 3 is 2.48 bits per heavy atom. The fourth-order valence-electron chi connectivity index (χ4n) is 3.89. The van der Waals surface area contributed by atoms with Gasteiger partial charge < -0.3 is 20.6 Å². The zero-order chi connectivity index (χ0) is 24.4. The number of amides is 1. The molecule has 1 aromatic carbocycles. The minimum Gasteiger partial charge on any atom is -0.497 e. The smallest absolute Gasteiger partial charge is 0.435 e. The van der Waals surface area contributed by atoms with Gasteiger partial charge in [0.2, 0.25) is 0 Å². The number of carbonyl (C=O) groups excluding carboxylic acids is 1. The normalized spacial score (nSPS) is 15.0. The number of rotatable bonds is 8. The van der Waals surface area contributed by atoms with Gasteiger partial charge in [-0.2, -0.15) is 18.3 Å². The molecule has 0 saturated heterocycles. The lowest BCUT2D eigenvalue weighted by molar-refractivity contribution is -0.142. The Hall–Kier alpha value is -3.24. The van der Waals surface area contributed by atoms with E-state index in [1.807, 2.05) is 13.8 Å². The number of nitrogens with two attached hydrogens (primary N) is 1. The van der Waals surface area contributed by atoms with Crippen LogP contribution in [0.1, 0.15) is 54.9 Å². The zero-order valence-electron chi connectivity index (χ0n) is 18.8. The maximum atomic E-state index is 13.6. The number of hydrogen-bond donors (Lipinski definition) is 2. The van der Waals surface area contributed by atoms with Crippen LogP contribution in [0.25, 0.3) is 5.69 Å². The SMILES string of the molecule is COc1ccc(-n2nc(C(F)(F)F)c3c2C(=O)N(CCCCC(C)(C)/C(N)=N\O)CC3)cc1. The van der Waals surface area contributed by atoms with Gasteiger partial charge in [-0.05, 0) is 43.5 Å². The van der Waals surface area contributed by atoms with Gasteiger partial charge in [-0.3, -0.25) is 4.79 Å². The Labute approximate surface area is 189 Å². The molecule has 11 heteroatoms. The molecule has 0 radical (unpaired) electrons. The Morgan fingerprint density at radius 1 is 1.24 bits per heavy atom. The minimum atomic E-state index is -4.66. The lowest BCUT2D eigenvalue weighted by atomic mass is 9.86. The summed E-state index contributed by atoms with van der Waals surface area (Å²) in [5.74, 6) is 0.189. The molecular weight excluding hydrogens is 439 g/mol. The lowest BCUT2D eigenvalue weighted by Gasteiger charge is -2.28. The summed E-state index contributed by atoms with van der Waals surface area (Å²) in [6.45, 7) is 4.28. The van der Waals surface area contributed by atoms with Gasteiger partial charge in [-0.15, -0.1) is 0 Å². The Morgan fingerprint density at radius 2 is 1.91 bits per heavy atom. The van der Waals surface area contributed by atoms with E-state index in [0.29, 0.717) is 37.2 Å². The van der Waals surface area contributed by atoms with Gasteiger partial charge in [0.05, 0.1) is 12.8 Å².